The molecule has 0 saturated heterocycles. The molecule has 2 aromatic heterocycles. The predicted molar refractivity (Wildman–Crippen MR) is 85.4 cm³/mol. The summed E-state index contributed by atoms with van der Waals surface area (Å²) < 4.78 is 6.03. The molecule has 0 aliphatic rings. The molecule has 108 valence electrons. The molecule has 4 nitrogen and oxygen atoms in total. The molecule has 0 N–H and O–H groups in total. The van der Waals surface area contributed by atoms with Crippen molar-refractivity contribution >= 4 is 44.6 Å². The second kappa shape index (κ2) is 6.78. The number of carbonyl (C=O) groups is 1. The minimum atomic E-state index is -0.346. The Morgan fingerprint density at radius 2 is 2.15 bits per heavy atom. The number of hydrogen-bond acceptors (Lipinski definition) is 6. The van der Waals surface area contributed by atoms with E-state index in [-0.39, 0.29) is 5.97 Å². The molecule has 0 aromatic carbocycles. The van der Waals surface area contributed by atoms with Crippen LogP contribution in [0.15, 0.2) is 9.98 Å². The number of carbonyl (C=O) groups excluding carboxylic acids is 1. The Kier molecular flexibility index (Phi) is 5.29. The molecule has 0 unspecified atom stereocenters. The number of halogens is 1. The highest BCUT2D eigenvalue weighted by Crippen LogP contribution is 2.34. The van der Waals surface area contributed by atoms with E-state index < -0.39 is 0 Å². The fourth-order valence-corrected chi connectivity index (χ4v) is 4.16. The highest BCUT2D eigenvalue weighted by Gasteiger charge is 2.21. The summed E-state index contributed by atoms with van der Waals surface area (Å²) in [5, 5.41) is 1.60. The predicted octanol–water partition coefficient (Wildman–Crippen LogP) is 4.40. The third kappa shape index (κ3) is 3.65. The van der Waals surface area contributed by atoms with Crippen molar-refractivity contribution in [2.24, 2.45) is 5.92 Å². The fraction of sp³-hybridized carbons (Fsp3) is 0.462. The quantitative estimate of drug-likeness (QED) is 0.727. The number of esters is 1. The first-order chi connectivity index (χ1) is 9.51. The topological polar surface area (TPSA) is 52.1 Å². The Hall–Kier alpha value is -0.790. The minimum absolute atomic E-state index is 0.346. The Balaban J connectivity index is 2.38. The largest absolute Gasteiger partial charge is 0.461 e. The van der Waals surface area contributed by atoms with Crippen molar-refractivity contribution in [2.75, 3.05) is 6.61 Å². The standard InChI is InChI=1S/C13H15BrN2O2S2/c1-4-18-13(17)10-8(5-7(2)3)19-12(16-10)11-15-6-9(14)20-11/h6-7H,4-5H2,1-3H3. The maximum Gasteiger partial charge on any atom is 0.358 e. The molecule has 2 rings (SSSR count). The lowest BCUT2D eigenvalue weighted by atomic mass is 10.1. The average molecular weight is 375 g/mol. The second-order valence-electron chi connectivity index (χ2n) is 4.58. The van der Waals surface area contributed by atoms with Crippen LogP contribution in [0.1, 0.15) is 36.1 Å². The van der Waals surface area contributed by atoms with E-state index in [4.69, 9.17) is 4.74 Å². The third-order valence-electron chi connectivity index (χ3n) is 2.42. The van der Waals surface area contributed by atoms with Crippen LogP contribution in [0.3, 0.4) is 0 Å². The summed E-state index contributed by atoms with van der Waals surface area (Å²) >= 11 is 6.42. The first-order valence-electron chi connectivity index (χ1n) is 6.29. The molecule has 0 bridgehead atoms. The highest BCUT2D eigenvalue weighted by molar-refractivity contribution is 9.11. The fourth-order valence-electron chi connectivity index (χ4n) is 1.66. The summed E-state index contributed by atoms with van der Waals surface area (Å²) in [6, 6.07) is 0. The first-order valence-corrected chi connectivity index (χ1v) is 8.72. The zero-order valence-electron chi connectivity index (χ0n) is 11.5. The van der Waals surface area contributed by atoms with Gasteiger partial charge in [0, 0.05) is 4.88 Å². The van der Waals surface area contributed by atoms with Crippen LogP contribution in [0.2, 0.25) is 0 Å². The molecule has 0 spiro atoms. The van der Waals surface area contributed by atoms with Crippen molar-refractivity contribution in [1.82, 2.24) is 9.97 Å². The lowest BCUT2D eigenvalue weighted by Gasteiger charge is -2.04. The molecule has 0 aliphatic carbocycles. The van der Waals surface area contributed by atoms with Crippen LogP contribution in [0, 0.1) is 5.92 Å². The molecular formula is C13H15BrN2O2S2. The summed E-state index contributed by atoms with van der Waals surface area (Å²) in [7, 11) is 0. The van der Waals surface area contributed by atoms with E-state index in [0.29, 0.717) is 18.2 Å². The van der Waals surface area contributed by atoms with Crippen LogP contribution >= 0.6 is 38.6 Å². The van der Waals surface area contributed by atoms with E-state index in [1.54, 1.807) is 13.1 Å². The number of ether oxygens (including phenoxy) is 1. The first kappa shape index (κ1) is 15.6. The summed E-state index contributed by atoms with van der Waals surface area (Å²) in [5.74, 6) is 0.112. The van der Waals surface area contributed by atoms with Gasteiger partial charge in [-0.3, -0.25) is 0 Å². The summed E-state index contributed by atoms with van der Waals surface area (Å²) in [4.78, 5) is 21.7. The second-order valence-corrected chi connectivity index (χ2v) is 8.07. The molecule has 0 radical (unpaired) electrons. The van der Waals surface area contributed by atoms with E-state index in [9.17, 15) is 4.79 Å². The van der Waals surface area contributed by atoms with Gasteiger partial charge in [-0.25, -0.2) is 14.8 Å². The molecule has 0 atom stereocenters. The molecule has 0 aliphatic heterocycles. The average Bonchev–Trinajstić information content (AvgIpc) is 2.95. The zero-order chi connectivity index (χ0) is 14.7. The molecule has 2 heterocycles. The summed E-state index contributed by atoms with van der Waals surface area (Å²) in [6.45, 7) is 6.39. The van der Waals surface area contributed by atoms with Crippen molar-refractivity contribution in [3.63, 3.8) is 0 Å². The van der Waals surface area contributed by atoms with Crippen LogP contribution < -0.4 is 0 Å². The van der Waals surface area contributed by atoms with Crippen LogP contribution in [-0.4, -0.2) is 22.5 Å². The van der Waals surface area contributed by atoms with Gasteiger partial charge < -0.3 is 4.74 Å². The molecular weight excluding hydrogens is 360 g/mol. The van der Waals surface area contributed by atoms with Gasteiger partial charge >= 0.3 is 5.97 Å². The number of thiazole rings is 2. The maximum atomic E-state index is 12.0. The molecule has 7 heteroatoms. The minimum Gasteiger partial charge on any atom is -0.461 e. The van der Waals surface area contributed by atoms with Gasteiger partial charge in [0.1, 0.15) is 0 Å². The van der Waals surface area contributed by atoms with Gasteiger partial charge in [0.2, 0.25) is 0 Å². The van der Waals surface area contributed by atoms with Crippen LogP contribution in [0.5, 0.6) is 0 Å². The van der Waals surface area contributed by atoms with Gasteiger partial charge in [-0.05, 0) is 35.2 Å². The van der Waals surface area contributed by atoms with E-state index >= 15 is 0 Å². The van der Waals surface area contributed by atoms with Crippen molar-refractivity contribution in [1.29, 1.82) is 0 Å². The molecule has 20 heavy (non-hydrogen) atoms. The lowest BCUT2D eigenvalue weighted by Crippen LogP contribution is -2.08. The summed E-state index contributed by atoms with van der Waals surface area (Å²) in [5.41, 5.74) is 0.437. The van der Waals surface area contributed by atoms with Gasteiger partial charge in [-0.1, -0.05) is 13.8 Å². The monoisotopic (exact) mass is 374 g/mol. The van der Waals surface area contributed by atoms with E-state index in [2.05, 4.69) is 39.7 Å². The Morgan fingerprint density at radius 1 is 1.40 bits per heavy atom. The van der Waals surface area contributed by atoms with Gasteiger partial charge in [0.05, 0.1) is 16.6 Å². The van der Waals surface area contributed by atoms with Gasteiger partial charge in [-0.15, -0.1) is 22.7 Å². The Labute approximate surface area is 134 Å². The van der Waals surface area contributed by atoms with Crippen LogP contribution in [0.25, 0.3) is 10.0 Å². The van der Waals surface area contributed by atoms with E-state index in [1.807, 2.05) is 0 Å². The molecule has 2 aromatic rings. The van der Waals surface area contributed by atoms with Gasteiger partial charge in [0.25, 0.3) is 0 Å². The lowest BCUT2D eigenvalue weighted by molar-refractivity contribution is 0.0519. The zero-order valence-corrected chi connectivity index (χ0v) is 14.7. The molecule has 0 saturated carbocycles. The number of nitrogens with zero attached hydrogens (tertiary/aromatic N) is 2. The molecule has 0 amide bonds. The smallest absolute Gasteiger partial charge is 0.358 e. The van der Waals surface area contributed by atoms with Crippen molar-refractivity contribution in [3.8, 4) is 10.0 Å². The van der Waals surface area contributed by atoms with E-state index in [1.165, 1.54) is 22.7 Å². The van der Waals surface area contributed by atoms with Crippen LogP contribution in [0.4, 0.5) is 0 Å². The third-order valence-corrected chi connectivity index (χ3v) is 5.12. The van der Waals surface area contributed by atoms with Crippen molar-refractivity contribution in [3.05, 3.63) is 20.6 Å². The van der Waals surface area contributed by atoms with Crippen molar-refractivity contribution < 1.29 is 9.53 Å². The van der Waals surface area contributed by atoms with E-state index in [0.717, 1.165) is 25.1 Å². The van der Waals surface area contributed by atoms with Crippen molar-refractivity contribution in [2.45, 2.75) is 27.2 Å². The van der Waals surface area contributed by atoms with Crippen LogP contribution in [-0.2, 0) is 11.2 Å². The highest BCUT2D eigenvalue weighted by atomic mass is 79.9. The number of aromatic nitrogens is 2. The number of hydrogen-bond donors (Lipinski definition) is 0. The SMILES string of the molecule is CCOC(=O)c1nc(-c2ncc(Br)s2)sc1CC(C)C. The molecule has 0 fully saturated rings. The normalized spacial score (nSPS) is 11.1. The Morgan fingerprint density at radius 3 is 2.70 bits per heavy atom. The van der Waals surface area contributed by atoms with Gasteiger partial charge in [0.15, 0.2) is 15.7 Å². The number of rotatable bonds is 5. The summed E-state index contributed by atoms with van der Waals surface area (Å²) in [6.07, 6.45) is 2.56. The maximum absolute atomic E-state index is 12.0. The Bertz CT molecular complexity index is 607. The van der Waals surface area contributed by atoms with Gasteiger partial charge in [-0.2, -0.15) is 0 Å².